The SMILES string of the molecule is CC.CC1CN(c2nc(N3CC(N(C)C)C3)nc3c(F)c(Br)c(Cl)cc23)[C@@H](C)CN1C(=O)OC(C)(C)C. The molecule has 0 N–H and O–H groups in total. The first kappa shape index (κ1) is 29.6. The molecule has 0 spiro atoms. The summed E-state index contributed by atoms with van der Waals surface area (Å²) in [4.78, 5) is 30.4. The highest BCUT2D eigenvalue weighted by Crippen LogP contribution is 2.38. The van der Waals surface area contributed by atoms with Gasteiger partial charge in [-0.25, -0.2) is 14.2 Å². The predicted molar refractivity (Wildman–Crippen MR) is 152 cm³/mol. The fourth-order valence-corrected chi connectivity index (χ4v) is 4.94. The normalized spacial score (nSPS) is 20.6. The van der Waals surface area contributed by atoms with Crippen molar-refractivity contribution in [3.8, 4) is 0 Å². The summed E-state index contributed by atoms with van der Waals surface area (Å²) in [6.07, 6.45) is -0.335. The number of likely N-dealkylation sites (N-methyl/N-ethyl adjacent to an activating group) is 1. The van der Waals surface area contributed by atoms with Crippen LogP contribution in [0.25, 0.3) is 10.9 Å². The number of fused-ring (bicyclic) bond motifs is 1. The van der Waals surface area contributed by atoms with Crippen molar-refractivity contribution in [3.05, 3.63) is 21.4 Å². The monoisotopic (exact) mass is 600 g/mol. The number of anilines is 2. The number of carbonyl (C=O) groups is 1. The van der Waals surface area contributed by atoms with E-state index in [1.54, 1.807) is 11.0 Å². The number of nitrogens with zero attached hydrogens (tertiary/aromatic N) is 6. The molecule has 1 aromatic heterocycles. The average molecular weight is 602 g/mol. The lowest BCUT2D eigenvalue weighted by Gasteiger charge is -2.46. The molecule has 2 atom stereocenters. The molecule has 2 aliphatic heterocycles. The Hall–Kier alpha value is -1.91. The first-order chi connectivity index (χ1) is 17.3. The van der Waals surface area contributed by atoms with Gasteiger partial charge >= 0.3 is 6.09 Å². The quantitative estimate of drug-likeness (QED) is 0.412. The van der Waals surface area contributed by atoms with E-state index < -0.39 is 11.4 Å². The van der Waals surface area contributed by atoms with E-state index in [2.05, 4.69) is 35.6 Å². The molecule has 2 fully saturated rings. The minimum atomic E-state index is -0.571. The number of benzene rings is 1. The number of piperazine rings is 1. The Kier molecular flexibility index (Phi) is 9.18. The van der Waals surface area contributed by atoms with Gasteiger partial charge < -0.3 is 24.3 Å². The van der Waals surface area contributed by atoms with Crippen LogP contribution in [0.5, 0.6) is 0 Å². The Morgan fingerprint density at radius 2 is 1.76 bits per heavy atom. The molecule has 1 amide bonds. The Morgan fingerprint density at radius 3 is 2.32 bits per heavy atom. The number of hydrogen-bond acceptors (Lipinski definition) is 7. The van der Waals surface area contributed by atoms with Gasteiger partial charge in [0.15, 0.2) is 5.82 Å². The van der Waals surface area contributed by atoms with Gasteiger partial charge in [0.1, 0.15) is 16.9 Å². The maximum atomic E-state index is 15.3. The Labute approximate surface area is 233 Å². The maximum absolute atomic E-state index is 15.3. The molecule has 0 bridgehead atoms. The van der Waals surface area contributed by atoms with E-state index in [4.69, 9.17) is 21.3 Å². The number of halogens is 3. The van der Waals surface area contributed by atoms with Gasteiger partial charge in [-0.15, -0.1) is 0 Å². The minimum absolute atomic E-state index is 0.0823. The highest BCUT2D eigenvalue weighted by molar-refractivity contribution is 9.10. The molecule has 1 unspecified atom stereocenters. The van der Waals surface area contributed by atoms with Gasteiger partial charge in [-0.3, -0.25) is 0 Å². The lowest BCUT2D eigenvalue weighted by atomic mass is 10.1. The minimum Gasteiger partial charge on any atom is -0.444 e. The Bertz CT molecular complexity index is 1140. The van der Waals surface area contributed by atoms with Gasteiger partial charge in [-0.2, -0.15) is 4.98 Å². The van der Waals surface area contributed by atoms with E-state index in [0.29, 0.717) is 36.3 Å². The zero-order valence-corrected chi connectivity index (χ0v) is 25.6. The zero-order chi connectivity index (χ0) is 27.8. The Balaban J connectivity index is 0.00000186. The van der Waals surface area contributed by atoms with Crippen LogP contribution in [0.1, 0.15) is 48.5 Å². The number of ether oxygens (including phenoxy) is 1. The zero-order valence-electron chi connectivity index (χ0n) is 23.3. The van der Waals surface area contributed by atoms with Crippen LogP contribution in [0.2, 0.25) is 5.02 Å². The number of rotatable bonds is 3. The molecular weight excluding hydrogens is 563 g/mol. The first-order valence-corrected chi connectivity index (χ1v) is 14.0. The summed E-state index contributed by atoms with van der Waals surface area (Å²) in [6.45, 7) is 16.1. The second kappa shape index (κ2) is 11.5. The maximum Gasteiger partial charge on any atom is 0.410 e. The number of carbonyl (C=O) groups excluding carboxylic acids is 1. The molecule has 1 aromatic carbocycles. The van der Waals surface area contributed by atoms with Crippen molar-refractivity contribution in [2.45, 2.75) is 72.2 Å². The molecule has 11 heteroatoms. The van der Waals surface area contributed by atoms with Crippen LogP contribution < -0.4 is 9.80 Å². The second-order valence-electron chi connectivity index (χ2n) is 10.7. The fourth-order valence-electron chi connectivity index (χ4n) is 4.45. The molecule has 206 valence electrons. The van der Waals surface area contributed by atoms with Crippen LogP contribution in [0.15, 0.2) is 10.5 Å². The molecule has 37 heavy (non-hydrogen) atoms. The van der Waals surface area contributed by atoms with E-state index >= 15 is 4.39 Å². The summed E-state index contributed by atoms with van der Waals surface area (Å²) >= 11 is 9.60. The third-order valence-electron chi connectivity index (χ3n) is 6.56. The van der Waals surface area contributed by atoms with Crippen molar-refractivity contribution in [3.63, 3.8) is 0 Å². The summed E-state index contributed by atoms with van der Waals surface area (Å²) in [6, 6.07) is 1.89. The molecule has 0 saturated carbocycles. The van der Waals surface area contributed by atoms with Crippen LogP contribution in [-0.2, 0) is 4.74 Å². The van der Waals surface area contributed by atoms with Crippen molar-refractivity contribution >= 4 is 56.3 Å². The van der Waals surface area contributed by atoms with Crippen molar-refractivity contribution in [1.29, 1.82) is 0 Å². The van der Waals surface area contributed by atoms with Gasteiger partial charge in [0, 0.05) is 49.7 Å². The highest BCUT2D eigenvalue weighted by Gasteiger charge is 2.37. The average Bonchev–Trinajstić information content (AvgIpc) is 2.78. The van der Waals surface area contributed by atoms with E-state index in [-0.39, 0.29) is 33.2 Å². The highest BCUT2D eigenvalue weighted by atomic mass is 79.9. The summed E-state index contributed by atoms with van der Waals surface area (Å²) in [5.74, 6) is 0.609. The third-order valence-corrected chi connectivity index (χ3v) is 7.86. The third kappa shape index (κ3) is 6.23. The second-order valence-corrected chi connectivity index (χ2v) is 11.9. The van der Waals surface area contributed by atoms with Gasteiger partial charge in [0.2, 0.25) is 5.95 Å². The van der Waals surface area contributed by atoms with E-state index in [0.717, 1.165) is 13.1 Å². The molecule has 3 heterocycles. The van der Waals surface area contributed by atoms with Crippen LogP contribution in [0.3, 0.4) is 0 Å². The molecule has 2 aliphatic rings. The van der Waals surface area contributed by atoms with Crippen molar-refractivity contribution in [1.82, 2.24) is 19.8 Å². The molecule has 0 aliphatic carbocycles. The van der Waals surface area contributed by atoms with E-state index in [1.807, 2.05) is 62.6 Å². The van der Waals surface area contributed by atoms with Crippen molar-refractivity contribution < 1.29 is 13.9 Å². The van der Waals surface area contributed by atoms with Crippen molar-refractivity contribution in [2.24, 2.45) is 0 Å². The smallest absolute Gasteiger partial charge is 0.410 e. The summed E-state index contributed by atoms with van der Waals surface area (Å²) in [5, 5.41) is 0.811. The lowest BCUT2D eigenvalue weighted by Crippen LogP contribution is -2.59. The molecular formula is C26H39BrClFN6O2. The topological polar surface area (TPSA) is 65.0 Å². The van der Waals surface area contributed by atoms with Crippen LogP contribution in [0, 0.1) is 5.82 Å². The predicted octanol–water partition coefficient (Wildman–Crippen LogP) is 5.80. The Morgan fingerprint density at radius 1 is 1.14 bits per heavy atom. The van der Waals surface area contributed by atoms with Crippen molar-refractivity contribution in [2.75, 3.05) is 50.1 Å². The van der Waals surface area contributed by atoms with E-state index in [1.165, 1.54) is 0 Å². The van der Waals surface area contributed by atoms with E-state index in [9.17, 15) is 4.79 Å². The molecule has 8 nitrogen and oxygen atoms in total. The van der Waals surface area contributed by atoms with Gasteiger partial charge in [0.05, 0.1) is 9.50 Å². The first-order valence-electron chi connectivity index (χ1n) is 12.8. The molecule has 2 aromatic rings. The summed E-state index contributed by atoms with van der Waals surface area (Å²) in [5.41, 5.74) is -0.345. The lowest BCUT2D eigenvalue weighted by molar-refractivity contribution is 0.0130. The molecule has 0 radical (unpaired) electrons. The number of amides is 1. The fraction of sp³-hybridized carbons (Fsp3) is 0.654. The molecule has 4 rings (SSSR count). The van der Waals surface area contributed by atoms with Crippen LogP contribution >= 0.6 is 27.5 Å². The van der Waals surface area contributed by atoms with Gasteiger partial charge in [0.25, 0.3) is 0 Å². The van der Waals surface area contributed by atoms with Gasteiger partial charge in [-0.1, -0.05) is 25.4 Å². The summed E-state index contributed by atoms with van der Waals surface area (Å²) in [7, 11) is 4.08. The van der Waals surface area contributed by atoms with Gasteiger partial charge in [-0.05, 0) is 70.7 Å². The van der Waals surface area contributed by atoms with Crippen LogP contribution in [-0.4, -0.2) is 89.9 Å². The largest absolute Gasteiger partial charge is 0.444 e. The summed E-state index contributed by atoms with van der Waals surface area (Å²) < 4.78 is 21.1. The number of hydrogen-bond donors (Lipinski definition) is 0. The molecule has 2 saturated heterocycles. The number of aromatic nitrogens is 2. The standard InChI is InChI=1S/C24H33BrClFN6O2.C2H6/c1-13-10-33(23(34)35-24(3,4)5)14(2)9-32(13)21-16-8-17(26)18(25)19(27)20(16)28-22(29-21)31-11-15(12-31)30(6)7;1-2/h8,13-15H,9-12H2,1-7H3;1-2H3/t13-,14?;/m0./s1. The van der Waals surface area contributed by atoms with Crippen LogP contribution in [0.4, 0.5) is 21.0 Å².